The Morgan fingerprint density at radius 3 is 2.57 bits per heavy atom. The minimum absolute atomic E-state index is 0.0164. The smallest absolute Gasteiger partial charge is 0.239 e. The van der Waals surface area contributed by atoms with E-state index < -0.39 is 0 Å². The molecule has 0 radical (unpaired) electrons. The molecule has 0 saturated carbocycles. The standard InChI is InChI=1S/C17H18N2O2/c1-2-10-18-17(21)12-19-16(20)11-14-8-5-7-13-6-3-4-9-15(13)14/h2-9H,1,10-12H2,(H,18,21)(H,19,20). The first-order valence-corrected chi connectivity index (χ1v) is 6.81. The maximum absolute atomic E-state index is 11.9. The van der Waals surface area contributed by atoms with Gasteiger partial charge in [-0.15, -0.1) is 6.58 Å². The highest BCUT2D eigenvalue weighted by atomic mass is 16.2. The number of hydrogen-bond acceptors (Lipinski definition) is 2. The monoisotopic (exact) mass is 282 g/mol. The predicted octanol–water partition coefficient (Wildman–Crippen LogP) is 1.80. The lowest BCUT2D eigenvalue weighted by Crippen LogP contribution is -2.37. The van der Waals surface area contributed by atoms with E-state index in [1.165, 1.54) is 0 Å². The summed E-state index contributed by atoms with van der Waals surface area (Å²) in [6.45, 7) is 3.89. The van der Waals surface area contributed by atoms with Crippen LogP contribution in [0.15, 0.2) is 55.1 Å². The van der Waals surface area contributed by atoms with Crippen LogP contribution in [0.25, 0.3) is 10.8 Å². The van der Waals surface area contributed by atoms with Crippen LogP contribution in [0.5, 0.6) is 0 Å². The van der Waals surface area contributed by atoms with Crippen LogP contribution in [0.2, 0.25) is 0 Å². The number of nitrogens with one attached hydrogen (secondary N) is 2. The third-order valence-electron chi connectivity index (χ3n) is 3.12. The molecule has 2 amide bonds. The van der Waals surface area contributed by atoms with Crippen LogP contribution in [-0.4, -0.2) is 24.9 Å². The number of hydrogen-bond donors (Lipinski definition) is 2. The number of benzene rings is 2. The summed E-state index contributed by atoms with van der Waals surface area (Å²) < 4.78 is 0. The molecule has 0 aromatic heterocycles. The summed E-state index contributed by atoms with van der Waals surface area (Å²) in [5.41, 5.74) is 0.956. The number of carbonyl (C=O) groups excluding carboxylic acids is 2. The zero-order valence-electron chi connectivity index (χ0n) is 11.8. The van der Waals surface area contributed by atoms with E-state index in [9.17, 15) is 9.59 Å². The minimum Gasteiger partial charge on any atom is -0.351 e. The molecule has 0 atom stereocenters. The molecular formula is C17H18N2O2. The molecule has 0 heterocycles. The van der Waals surface area contributed by atoms with Crippen molar-refractivity contribution in [1.82, 2.24) is 10.6 Å². The van der Waals surface area contributed by atoms with Gasteiger partial charge in [0.25, 0.3) is 0 Å². The Labute approximate surface area is 123 Å². The quantitative estimate of drug-likeness (QED) is 0.794. The molecule has 0 bridgehead atoms. The van der Waals surface area contributed by atoms with Crippen LogP contribution >= 0.6 is 0 Å². The van der Waals surface area contributed by atoms with Crippen molar-refractivity contribution in [3.63, 3.8) is 0 Å². The van der Waals surface area contributed by atoms with E-state index in [1.807, 2.05) is 42.5 Å². The number of rotatable bonds is 6. The molecule has 0 saturated heterocycles. The first kappa shape index (κ1) is 14.8. The van der Waals surface area contributed by atoms with Crippen molar-refractivity contribution in [3.8, 4) is 0 Å². The van der Waals surface area contributed by atoms with Crippen LogP contribution in [-0.2, 0) is 16.0 Å². The molecule has 2 aromatic rings. The van der Waals surface area contributed by atoms with Gasteiger partial charge in [-0.2, -0.15) is 0 Å². The Morgan fingerprint density at radius 1 is 1.00 bits per heavy atom. The summed E-state index contributed by atoms with van der Waals surface area (Å²) in [4.78, 5) is 23.3. The lowest BCUT2D eigenvalue weighted by molar-refractivity contribution is -0.125. The Morgan fingerprint density at radius 2 is 1.76 bits per heavy atom. The Bertz CT molecular complexity index is 659. The lowest BCUT2D eigenvalue weighted by Gasteiger charge is -2.08. The van der Waals surface area contributed by atoms with E-state index in [-0.39, 0.29) is 24.8 Å². The molecule has 21 heavy (non-hydrogen) atoms. The molecule has 108 valence electrons. The van der Waals surface area contributed by atoms with Crippen molar-refractivity contribution in [3.05, 3.63) is 60.7 Å². The topological polar surface area (TPSA) is 58.2 Å². The zero-order valence-corrected chi connectivity index (χ0v) is 11.8. The first-order chi connectivity index (χ1) is 10.2. The van der Waals surface area contributed by atoms with Crippen LogP contribution in [0.4, 0.5) is 0 Å². The van der Waals surface area contributed by atoms with E-state index in [0.717, 1.165) is 16.3 Å². The van der Waals surface area contributed by atoms with Crippen molar-refractivity contribution >= 4 is 22.6 Å². The second-order valence-corrected chi connectivity index (χ2v) is 4.68. The molecule has 0 aliphatic carbocycles. The number of carbonyl (C=O) groups is 2. The molecule has 0 aliphatic rings. The predicted molar refractivity (Wildman–Crippen MR) is 83.9 cm³/mol. The Hall–Kier alpha value is -2.62. The lowest BCUT2D eigenvalue weighted by atomic mass is 10.0. The van der Waals surface area contributed by atoms with Gasteiger partial charge < -0.3 is 10.6 Å². The molecule has 4 nitrogen and oxygen atoms in total. The molecule has 2 rings (SSSR count). The first-order valence-electron chi connectivity index (χ1n) is 6.81. The Kier molecular flexibility index (Phi) is 5.10. The highest BCUT2D eigenvalue weighted by molar-refractivity contribution is 5.91. The van der Waals surface area contributed by atoms with Crippen LogP contribution < -0.4 is 10.6 Å². The molecule has 2 aromatic carbocycles. The average Bonchev–Trinajstić information content (AvgIpc) is 2.51. The van der Waals surface area contributed by atoms with Crippen molar-refractivity contribution in [2.24, 2.45) is 0 Å². The van der Waals surface area contributed by atoms with Crippen molar-refractivity contribution in [2.45, 2.75) is 6.42 Å². The van der Waals surface area contributed by atoms with Gasteiger partial charge in [0, 0.05) is 6.54 Å². The van der Waals surface area contributed by atoms with Gasteiger partial charge in [0.1, 0.15) is 0 Å². The van der Waals surface area contributed by atoms with Gasteiger partial charge in [0.05, 0.1) is 13.0 Å². The van der Waals surface area contributed by atoms with E-state index in [4.69, 9.17) is 0 Å². The second-order valence-electron chi connectivity index (χ2n) is 4.68. The van der Waals surface area contributed by atoms with E-state index in [1.54, 1.807) is 6.08 Å². The highest BCUT2D eigenvalue weighted by Crippen LogP contribution is 2.18. The van der Waals surface area contributed by atoms with Crippen LogP contribution in [0.3, 0.4) is 0 Å². The van der Waals surface area contributed by atoms with Crippen molar-refractivity contribution < 1.29 is 9.59 Å². The SMILES string of the molecule is C=CCNC(=O)CNC(=O)Cc1cccc2ccccc12. The van der Waals surface area contributed by atoms with E-state index in [0.29, 0.717) is 6.54 Å². The molecular weight excluding hydrogens is 264 g/mol. The third kappa shape index (κ3) is 4.18. The maximum Gasteiger partial charge on any atom is 0.239 e. The molecule has 0 spiro atoms. The normalized spacial score (nSPS) is 10.1. The van der Waals surface area contributed by atoms with Gasteiger partial charge >= 0.3 is 0 Å². The Balaban J connectivity index is 1.95. The molecule has 4 heteroatoms. The number of amides is 2. The molecule has 2 N–H and O–H groups in total. The van der Waals surface area contributed by atoms with Gasteiger partial charge in [0.15, 0.2) is 0 Å². The largest absolute Gasteiger partial charge is 0.351 e. The van der Waals surface area contributed by atoms with Gasteiger partial charge in [-0.1, -0.05) is 48.5 Å². The van der Waals surface area contributed by atoms with Gasteiger partial charge in [-0.3, -0.25) is 9.59 Å². The summed E-state index contributed by atoms with van der Waals surface area (Å²) in [6, 6.07) is 13.8. The number of fused-ring (bicyclic) bond motifs is 1. The highest BCUT2D eigenvalue weighted by Gasteiger charge is 2.08. The maximum atomic E-state index is 11.9. The zero-order chi connectivity index (χ0) is 15.1. The summed E-state index contributed by atoms with van der Waals surface area (Å²) >= 11 is 0. The summed E-state index contributed by atoms with van der Waals surface area (Å²) in [5.74, 6) is -0.388. The average molecular weight is 282 g/mol. The van der Waals surface area contributed by atoms with Crippen LogP contribution in [0.1, 0.15) is 5.56 Å². The van der Waals surface area contributed by atoms with Crippen molar-refractivity contribution in [1.29, 1.82) is 0 Å². The fraction of sp³-hybridized carbons (Fsp3) is 0.176. The fourth-order valence-electron chi connectivity index (χ4n) is 2.11. The molecule has 0 fully saturated rings. The summed E-state index contributed by atoms with van der Waals surface area (Å²) in [7, 11) is 0. The summed E-state index contributed by atoms with van der Waals surface area (Å²) in [6.07, 6.45) is 1.85. The summed E-state index contributed by atoms with van der Waals surface area (Å²) in [5, 5.41) is 7.39. The third-order valence-corrected chi connectivity index (χ3v) is 3.12. The van der Waals surface area contributed by atoms with Gasteiger partial charge in [-0.25, -0.2) is 0 Å². The molecule has 0 unspecified atom stereocenters. The van der Waals surface area contributed by atoms with Crippen LogP contribution in [0, 0.1) is 0 Å². The van der Waals surface area contributed by atoms with Gasteiger partial charge in [0.2, 0.25) is 11.8 Å². The second kappa shape index (κ2) is 7.24. The minimum atomic E-state index is -0.221. The van der Waals surface area contributed by atoms with E-state index in [2.05, 4.69) is 17.2 Å². The van der Waals surface area contributed by atoms with E-state index >= 15 is 0 Å². The fourth-order valence-corrected chi connectivity index (χ4v) is 2.11. The van der Waals surface area contributed by atoms with Gasteiger partial charge in [-0.05, 0) is 16.3 Å². The molecule has 0 aliphatic heterocycles. The van der Waals surface area contributed by atoms with Crippen molar-refractivity contribution in [2.75, 3.05) is 13.1 Å².